The highest BCUT2D eigenvalue weighted by atomic mass is 31.3. The molecule has 2 aromatic carbocycles. The van der Waals surface area contributed by atoms with Gasteiger partial charge in [0.1, 0.15) is 11.9 Å². The molecule has 1 unspecified atom stereocenters. The quantitative estimate of drug-likeness (QED) is 0.239. The number of rotatable bonds is 9. The zero-order chi connectivity index (χ0) is 26.3. The number of aliphatic hydroxyl groups excluding tert-OH is 3. The minimum atomic E-state index is -5.05. The Morgan fingerprint density at radius 1 is 0.765 bits per heavy atom. The first-order valence-electron chi connectivity index (χ1n) is 10.0. The monoisotopic (exact) mass is 522 g/mol. The van der Waals surface area contributed by atoms with Gasteiger partial charge in [0.25, 0.3) is 0 Å². The van der Waals surface area contributed by atoms with Crippen LogP contribution in [0.3, 0.4) is 0 Å². The maximum atomic E-state index is 9.97. The summed E-state index contributed by atoms with van der Waals surface area (Å²) >= 11 is 0. The van der Waals surface area contributed by atoms with E-state index in [-0.39, 0.29) is 19.8 Å². The average molecular weight is 522 g/mol. The predicted molar refractivity (Wildman–Crippen MR) is 124 cm³/mol. The van der Waals surface area contributed by atoms with Gasteiger partial charge in [0, 0.05) is 0 Å². The second kappa shape index (κ2) is 12.4. The molecule has 0 aliphatic heterocycles. The van der Waals surface area contributed by atoms with Gasteiger partial charge in [0.2, 0.25) is 0 Å². The van der Waals surface area contributed by atoms with Crippen molar-refractivity contribution in [1.82, 2.24) is 0 Å². The second-order valence-corrected chi connectivity index (χ2v) is 10.5. The van der Waals surface area contributed by atoms with E-state index in [1.165, 1.54) is 0 Å². The van der Waals surface area contributed by atoms with Crippen molar-refractivity contribution in [3.8, 4) is 5.75 Å². The van der Waals surface area contributed by atoms with Crippen molar-refractivity contribution < 1.29 is 53.1 Å². The molecule has 1 atom stereocenters. The van der Waals surface area contributed by atoms with E-state index in [1.807, 2.05) is 64.1 Å². The number of hydrogen-bond donors (Lipinski definition) is 7. The molecule has 11 nitrogen and oxygen atoms in total. The van der Waals surface area contributed by atoms with E-state index in [1.54, 1.807) is 0 Å². The molecule has 0 bridgehead atoms. The van der Waals surface area contributed by atoms with Crippen molar-refractivity contribution >= 4 is 15.6 Å². The average Bonchev–Trinajstić information content (AvgIpc) is 2.72. The maximum Gasteiger partial charge on any atom is 0.478 e. The van der Waals surface area contributed by atoms with Crippen molar-refractivity contribution in [2.75, 3.05) is 19.8 Å². The summed E-state index contributed by atoms with van der Waals surface area (Å²) in [5.41, 5.74) is 3.89. The molecule has 34 heavy (non-hydrogen) atoms. The summed E-state index contributed by atoms with van der Waals surface area (Å²) < 4.78 is 28.5. The van der Waals surface area contributed by atoms with Crippen LogP contribution in [0, 0.1) is 33.1 Å². The van der Waals surface area contributed by atoms with Gasteiger partial charge in [0.15, 0.2) is 0 Å². The molecule has 0 amide bonds. The molecule has 0 heterocycles. The first-order chi connectivity index (χ1) is 15.6. The van der Waals surface area contributed by atoms with Crippen molar-refractivity contribution in [2.24, 2.45) is 5.41 Å². The van der Waals surface area contributed by atoms with Crippen LogP contribution in [0.2, 0.25) is 0 Å². The molecule has 0 aliphatic rings. The van der Waals surface area contributed by atoms with E-state index < -0.39 is 27.2 Å². The number of aliphatic hydroxyl groups is 3. The molecule has 192 valence electrons. The Morgan fingerprint density at radius 3 is 1.62 bits per heavy atom. The summed E-state index contributed by atoms with van der Waals surface area (Å²) in [6, 6.07) is 11.6. The van der Waals surface area contributed by atoms with Crippen LogP contribution < -0.4 is 4.74 Å². The van der Waals surface area contributed by atoms with E-state index >= 15 is 0 Å². The standard InChI is InChI=1S/C21H28O4.H4O7P2/c1-14-7-5-9-18(16(14)3)20(21(11-22,12-23)13-24)25-19-10-6-8-15(2)17(19)4;1-8(2,3)7-9(4,5)6/h5-10,20,22-24H,11-13H2,1-4H3;(H2,1,2,3)(H2,4,5,6). The minimum absolute atomic E-state index is 0.386. The van der Waals surface area contributed by atoms with Crippen molar-refractivity contribution in [1.29, 1.82) is 0 Å². The Morgan fingerprint density at radius 2 is 1.21 bits per heavy atom. The number of benzene rings is 2. The molecule has 0 saturated carbocycles. The van der Waals surface area contributed by atoms with Crippen LogP contribution in [-0.4, -0.2) is 54.7 Å². The number of ether oxygens (including phenoxy) is 1. The molecule has 0 fully saturated rings. The van der Waals surface area contributed by atoms with E-state index in [9.17, 15) is 24.4 Å². The molecule has 0 spiro atoms. The normalized spacial score (nSPS) is 13.1. The number of aryl methyl sites for hydroxylation is 2. The fourth-order valence-corrected chi connectivity index (χ4v) is 4.20. The van der Waals surface area contributed by atoms with Crippen LogP contribution in [0.4, 0.5) is 0 Å². The molecule has 0 aromatic heterocycles. The lowest BCUT2D eigenvalue weighted by Gasteiger charge is -2.38. The van der Waals surface area contributed by atoms with Gasteiger partial charge in [-0.25, -0.2) is 9.13 Å². The SMILES string of the molecule is Cc1cccc(OC(c2cccc(C)c2C)C(CO)(CO)CO)c1C.O=P(O)(O)OP(=O)(O)O. The highest BCUT2D eigenvalue weighted by Crippen LogP contribution is 2.53. The van der Waals surface area contributed by atoms with Gasteiger partial charge in [-0.1, -0.05) is 30.3 Å². The molecule has 2 aromatic rings. The molecular formula is C21H32O11P2. The first-order valence-corrected chi connectivity index (χ1v) is 13.1. The van der Waals surface area contributed by atoms with Crippen LogP contribution in [0.1, 0.15) is 33.9 Å². The lowest BCUT2D eigenvalue weighted by Crippen LogP contribution is -2.43. The van der Waals surface area contributed by atoms with Gasteiger partial charge in [-0.05, 0) is 61.6 Å². The van der Waals surface area contributed by atoms with Crippen LogP contribution in [-0.2, 0) is 13.4 Å². The van der Waals surface area contributed by atoms with Gasteiger partial charge in [-0.15, -0.1) is 0 Å². The Bertz CT molecular complexity index is 1010. The Labute approximate surface area is 198 Å². The van der Waals surface area contributed by atoms with Gasteiger partial charge in [-0.3, -0.25) is 0 Å². The van der Waals surface area contributed by atoms with Gasteiger partial charge < -0.3 is 39.6 Å². The van der Waals surface area contributed by atoms with E-state index in [0.29, 0.717) is 5.75 Å². The van der Waals surface area contributed by atoms with Crippen LogP contribution >= 0.6 is 15.6 Å². The zero-order valence-corrected chi connectivity index (χ0v) is 21.1. The lowest BCUT2D eigenvalue weighted by atomic mass is 9.78. The minimum Gasteiger partial charge on any atom is -0.485 e. The third-order valence-electron chi connectivity index (χ3n) is 5.44. The molecule has 7 N–H and O–H groups in total. The fourth-order valence-electron chi connectivity index (χ4n) is 3.09. The summed E-state index contributed by atoms with van der Waals surface area (Å²) in [7, 11) is -10.1. The molecule has 0 saturated heterocycles. The Hall–Kier alpha value is -1.62. The molecule has 13 heteroatoms. The fraction of sp³-hybridized carbons (Fsp3) is 0.429. The number of phosphoric acid groups is 2. The predicted octanol–water partition coefficient (Wildman–Crippen LogP) is 2.19. The Balaban J connectivity index is 0.000000546. The smallest absolute Gasteiger partial charge is 0.478 e. The molecular weight excluding hydrogens is 490 g/mol. The zero-order valence-electron chi connectivity index (χ0n) is 19.3. The third-order valence-corrected chi connectivity index (χ3v) is 7.14. The van der Waals surface area contributed by atoms with Crippen LogP contribution in [0.5, 0.6) is 5.75 Å². The first kappa shape index (κ1) is 30.4. The van der Waals surface area contributed by atoms with Gasteiger partial charge in [0.05, 0.1) is 25.2 Å². The third kappa shape index (κ3) is 8.55. The van der Waals surface area contributed by atoms with Gasteiger partial charge in [-0.2, -0.15) is 4.31 Å². The van der Waals surface area contributed by atoms with E-state index in [0.717, 1.165) is 27.8 Å². The largest absolute Gasteiger partial charge is 0.485 e. The topological polar surface area (TPSA) is 194 Å². The molecule has 0 radical (unpaired) electrons. The van der Waals surface area contributed by atoms with Gasteiger partial charge >= 0.3 is 15.6 Å². The Kier molecular flexibility index (Phi) is 11.1. The van der Waals surface area contributed by atoms with E-state index in [2.05, 4.69) is 4.31 Å². The highest BCUT2D eigenvalue weighted by Gasteiger charge is 2.41. The summed E-state index contributed by atoms with van der Waals surface area (Å²) in [4.78, 5) is 31.0. The molecule has 2 rings (SSSR count). The van der Waals surface area contributed by atoms with Crippen LogP contribution in [0.25, 0.3) is 0 Å². The van der Waals surface area contributed by atoms with Crippen molar-refractivity contribution in [2.45, 2.75) is 33.8 Å². The maximum absolute atomic E-state index is 9.97. The summed E-state index contributed by atoms with van der Waals surface area (Å²) in [5.74, 6) is 0.686. The lowest BCUT2D eigenvalue weighted by molar-refractivity contribution is -0.0746. The second-order valence-electron chi connectivity index (χ2n) is 7.88. The highest BCUT2D eigenvalue weighted by molar-refractivity contribution is 7.60. The van der Waals surface area contributed by atoms with Crippen molar-refractivity contribution in [3.05, 3.63) is 64.2 Å². The summed E-state index contributed by atoms with van der Waals surface area (Å²) in [6.45, 7) is 6.82. The summed E-state index contributed by atoms with van der Waals surface area (Å²) in [6.07, 6.45) is -0.673. The molecule has 0 aliphatic carbocycles. The number of hydrogen-bond acceptors (Lipinski definition) is 7. The van der Waals surface area contributed by atoms with E-state index in [4.69, 9.17) is 24.3 Å². The van der Waals surface area contributed by atoms with Crippen LogP contribution in [0.15, 0.2) is 36.4 Å². The van der Waals surface area contributed by atoms with Crippen molar-refractivity contribution in [3.63, 3.8) is 0 Å². The summed E-state index contributed by atoms with van der Waals surface area (Å²) in [5, 5.41) is 29.9.